The molecule has 3 N–H and O–H groups in total. The summed E-state index contributed by atoms with van der Waals surface area (Å²) in [5.41, 5.74) is 4.29. The first kappa shape index (κ1) is 15.6. The fourth-order valence-electron chi connectivity index (χ4n) is 1.95. The molecule has 0 fully saturated rings. The van der Waals surface area contributed by atoms with Gasteiger partial charge in [-0.25, -0.2) is 0 Å². The molecule has 0 saturated heterocycles. The van der Waals surface area contributed by atoms with Crippen molar-refractivity contribution in [3.8, 4) is 0 Å². The molecule has 0 saturated carbocycles. The van der Waals surface area contributed by atoms with Crippen LogP contribution in [0, 0.1) is 0 Å². The predicted molar refractivity (Wildman–Crippen MR) is 90.7 cm³/mol. The normalized spacial score (nSPS) is 12.3. The Balaban J connectivity index is 1.82. The third-order valence-corrected chi connectivity index (χ3v) is 5.33. The molecule has 1 unspecified atom stereocenters. The van der Waals surface area contributed by atoms with Crippen LogP contribution in [0.4, 0.5) is 0 Å². The second-order valence-corrected chi connectivity index (χ2v) is 6.55. The highest BCUT2D eigenvalue weighted by atomic mass is 79.9. The lowest BCUT2D eigenvalue weighted by molar-refractivity contribution is 0.539. The average Bonchev–Trinajstić information content (AvgIpc) is 2.50. The van der Waals surface area contributed by atoms with Crippen molar-refractivity contribution in [3.63, 3.8) is 0 Å². The highest BCUT2D eigenvalue weighted by molar-refractivity contribution is 9.10. The van der Waals surface area contributed by atoms with E-state index in [9.17, 15) is 0 Å². The van der Waals surface area contributed by atoms with Crippen LogP contribution in [0.5, 0.6) is 0 Å². The number of aryl methyl sites for hydroxylation is 1. The number of benzene rings is 2. The summed E-state index contributed by atoms with van der Waals surface area (Å²) in [6.07, 6.45) is 2.09. The quantitative estimate of drug-likeness (QED) is 0.450. The summed E-state index contributed by atoms with van der Waals surface area (Å²) in [5.74, 6) is 6.63. The molecule has 2 rings (SSSR count). The Morgan fingerprint density at radius 1 is 1.05 bits per heavy atom. The number of rotatable bonds is 7. The number of hydrogen-bond acceptors (Lipinski definition) is 3. The maximum Gasteiger partial charge on any atom is 0.0311 e. The first-order valence-corrected chi connectivity index (χ1v) is 8.45. The zero-order valence-electron chi connectivity index (χ0n) is 11.3. The van der Waals surface area contributed by atoms with Crippen molar-refractivity contribution in [1.29, 1.82) is 0 Å². The summed E-state index contributed by atoms with van der Waals surface area (Å²) in [5, 5.41) is 0. The summed E-state index contributed by atoms with van der Waals surface area (Å²) in [4.78, 5) is 1.26. The standard InChI is InChI=1S/C16H19BrN2S/c17-15-8-4-5-9-16(15)20-12-14(19-18)11-10-13-6-2-1-3-7-13/h1-9,14,19H,10-12,18H2. The second-order valence-electron chi connectivity index (χ2n) is 4.63. The van der Waals surface area contributed by atoms with Gasteiger partial charge in [-0.15, -0.1) is 11.8 Å². The van der Waals surface area contributed by atoms with Crippen LogP contribution < -0.4 is 11.3 Å². The molecule has 0 aromatic heterocycles. The Labute approximate surface area is 133 Å². The molecule has 0 aliphatic heterocycles. The van der Waals surface area contributed by atoms with Gasteiger partial charge in [-0.1, -0.05) is 42.5 Å². The molecule has 2 nitrogen and oxygen atoms in total. The second kappa shape index (κ2) is 8.47. The Kier molecular flexibility index (Phi) is 6.60. The average molecular weight is 351 g/mol. The van der Waals surface area contributed by atoms with Gasteiger partial charge in [-0.3, -0.25) is 11.3 Å². The fourth-order valence-corrected chi connectivity index (χ4v) is 3.61. The largest absolute Gasteiger partial charge is 0.271 e. The summed E-state index contributed by atoms with van der Waals surface area (Å²) in [7, 11) is 0. The van der Waals surface area contributed by atoms with Crippen molar-refractivity contribution in [1.82, 2.24) is 5.43 Å². The highest BCUT2D eigenvalue weighted by Gasteiger charge is 2.09. The smallest absolute Gasteiger partial charge is 0.0311 e. The van der Waals surface area contributed by atoms with Crippen LogP contribution in [-0.4, -0.2) is 11.8 Å². The Morgan fingerprint density at radius 2 is 1.75 bits per heavy atom. The molecule has 0 amide bonds. The summed E-state index contributed by atoms with van der Waals surface area (Å²) in [6, 6.07) is 19.1. The molecule has 4 heteroatoms. The van der Waals surface area contributed by atoms with Crippen molar-refractivity contribution in [2.24, 2.45) is 5.84 Å². The lowest BCUT2D eigenvalue weighted by atomic mass is 10.1. The van der Waals surface area contributed by atoms with E-state index in [0.717, 1.165) is 23.1 Å². The van der Waals surface area contributed by atoms with Crippen LogP contribution >= 0.6 is 27.7 Å². The zero-order chi connectivity index (χ0) is 14.2. The zero-order valence-corrected chi connectivity index (χ0v) is 13.7. The Bertz CT molecular complexity index is 519. The number of hydrazine groups is 1. The van der Waals surface area contributed by atoms with E-state index in [1.807, 2.05) is 23.9 Å². The molecular weight excluding hydrogens is 332 g/mol. The van der Waals surface area contributed by atoms with E-state index in [-0.39, 0.29) is 0 Å². The minimum absolute atomic E-state index is 0.312. The van der Waals surface area contributed by atoms with Crippen molar-refractivity contribution < 1.29 is 0 Å². The van der Waals surface area contributed by atoms with Crippen LogP contribution in [0.1, 0.15) is 12.0 Å². The van der Waals surface area contributed by atoms with Gasteiger partial charge in [0.1, 0.15) is 0 Å². The van der Waals surface area contributed by atoms with Crippen LogP contribution in [0.25, 0.3) is 0 Å². The van der Waals surface area contributed by atoms with Crippen molar-refractivity contribution in [3.05, 3.63) is 64.6 Å². The summed E-state index contributed by atoms with van der Waals surface area (Å²) < 4.78 is 1.14. The van der Waals surface area contributed by atoms with Crippen molar-refractivity contribution >= 4 is 27.7 Å². The summed E-state index contributed by atoms with van der Waals surface area (Å²) >= 11 is 5.40. The minimum atomic E-state index is 0.312. The van der Waals surface area contributed by atoms with E-state index in [2.05, 4.69) is 63.8 Å². The molecular formula is C16H19BrN2S. The molecule has 0 spiro atoms. The van der Waals surface area contributed by atoms with Crippen molar-refractivity contribution in [2.75, 3.05) is 5.75 Å². The predicted octanol–water partition coefficient (Wildman–Crippen LogP) is 4.01. The monoisotopic (exact) mass is 350 g/mol. The van der Waals surface area contributed by atoms with Gasteiger partial charge in [0, 0.05) is 21.2 Å². The minimum Gasteiger partial charge on any atom is -0.271 e. The van der Waals surface area contributed by atoms with Crippen LogP contribution in [0.2, 0.25) is 0 Å². The Morgan fingerprint density at radius 3 is 2.45 bits per heavy atom. The number of halogens is 1. The molecule has 0 radical (unpaired) electrons. The molecule has 1 atom stereocenters. The summed E-state index contributed by atoms with van der Waals surface area (Å²) in [6.45, 7) is 0. The molecule has 0 aliphatic carbocycles. The maximum atomic E-state index is 5.66. The van der Waals surface area contributed by atoms with Gasteiger partial charge >= 0.3 is 0 Å². The molecule has 0 bridgehead atoms. The van der Waals surface area contributed by atoms with E-state index in [0.29, 0.717) is 6.04 Å². The van der Waals surface area contributed by atoms with Gasteiger partial charge in [0.2, 0.25) is 0 Å². The molecule has 20 heavy (non-hydrogen) atoms. The third-order valence-electron chi connectivity index (χ3n) is 3.14. The van der Waals surface area contributed by atoms with Gasteiger partial charge in [0.05, 0.1) is 0 Å². The van der Waals surface area contributed by atoms with E-state index < -0.39 is 0 Å². The van der Waals surface area contributed by atoms with E-state index in [1.54, 1.807) is 0 Å². The number of nitrogens with two attached hydrogens (primary N) is 1. The van der Waals surface area contributed by atoms with Gasteiger partial charge < -0.3 is 0 Å². The number of nitrogens with one attached hydrogen (secondary N) is 1. The highest BCUT2D eigenvalue weighted by Crippen LogP contribution is 2.27. The van der Waals surface area contributed by atoms with Gasteiger partial charge in [0.15, 0.2) is 0 Å². The Hall–Kier alpha value is -0.810. The van der Waals surface area contributed by atoms with E-state index >= 15 is 0 Å². The molecule has 0 aliphatic rings. The van der Waals surface area contributed by atoms with Gasteiger partial charge in [0.25, 0.3) is 0 Å². The number of hydrogen-bond donors (Lipinski definition) is 2. The lowest BCUT2D eigenvalue weighted by Gasteiger charge is -2.16. The molecule has 0 heterocycles. The van der Waals surface area contributed by atoms with Crippen LogP contribution in [0.3, 0.4) is 0 Å². The molecule has 2 aromatic carbocycles. The number of thioether (sulfide) groups is 1. The van der Waals surface area contributed by atoms with E-state index in [1.165, 1.54) is 10.5 Å². The first-order chi connectivity index (χ1) is 9.79. The van der Waals surface area contributed by atoms with Crippen molar-refractivity contribution in [2.45, 2.75) is 23.8 Å². The molecule has 2 aromatic rings. The SMILES string of the molecule is NNC(CCc1ccccc1)CSc1ccccc1Br. The lowest BCUT2D eigenvalue weighted by Crippen LogP contribution is -2.37. The van der Waals surface area contributed by atoms with E-state index in [4.69, 9.17) is 5.84 Å². The molecule has 106 valence electrons. The first-order valence-electron chi connectivity index (χ1n) is 6.67. The third kappa shape index (κ3) is 4.94. The fraction of sp³-hybridized carbons (Fsp3) is 0.250. The topological polar surface area (TPSA) is 38.0 Å². The van der Waals surface area contributed by atoms with Crippen LogP contribution in [0.15, 0.2) is 64.0 Å². The van der Waals surface area contributed by atoms with Crippen LogP contribution in [-0.2, 0) is 6.42 Å². The van der Waals surface area contributed by atoms with Gasteiger partial charge in [-0.05, 0) is 46.5 Å². The maximum absolute atomic E-state index is 5.66. The van der Waals surface area contributed by atoms with Gasteiger partial charge in [-0.2, -0.15) is 0 Å².